The van der Waals surface area contributed by atoms with E-state index in [-0.39, 0.29) is 6.04 Å². The first kappa shape index (κ1) is 11.2. The first-order valence-electron chi connectivity index (χ1n) is 5.34. The minimum atomic E-state index is 0.121. The fourth-order valence-corrected chi connectivity index (χ4v) is 1.75. The number of rotatable bonds is 4. The second-order valence-electron chi connectivity index (χ2n) is 4.26. The van der Waals surface area contributed by atoms with Crippen molar-refractivity contribution in [2.75, 3.05) is 0 Å². The zero-order valence-corrected chi connectivity index (χ0v) is 9.62. The molecule has 2 N–H and O–H groups in total. The van der Waals surface area contributed by atoms with Gasteiger partial charge in [-0.25, -0.2) is 0 Å². The highest BCUT2D eigenvalue weighted by atomic mass is 15.3. The lowest BCUT2D eigenvalue weighted by atomic mass is 10.0. The molecule has 0 saturated carbocycles. The molecule has 0 amide bonds. The Bertz CT molecular complexity index is 289. The molecule has 0 aliphatic heterocycles. The van der Waals surface area contributed by atoms with Crippen LogP contribution in [0.3, 0.4) is 0 Å². The van der Waals surface area contributed by atoms with Crippen LogP contribution in [-0.4, -0.2) is 9.78 Å². The zero-order chi connectivity index (χ0) is 10.7. The molecule has 0 fully saturated rings. The Hall–Kier alpha value is -0.830. The molecule has 1 heterocycles. The fraction of sp³-hybridized carbons (Fsp3) is 0.727. The molecule has 0 spiro atoms. The number of nitrogens with two attached hydrogens (primary N) is 1. The number of aryl methyl sites for hydroxylation is 2. The molecule has 1 aromatic rings. The maximum atomic E-state index is 6.12. The molecule has 3 heteroatoms. The Morgan fingerprint density at radius 1 is 1.50 bits per heavy atom. The second-order valence-corrected chi connectivity index (χ2v) is 4.26. The monoisotopic (exact) mass is 195 g/mol. The summed E-state index contributed by atoms with van der Waals surface area (Å²) in [4.78, 5) is 0. The first-order valence-corrected chi connectivity index (χ1v) is 5.34. The average molecular weight is 195 g/mol. The van der Waals surface area contributed by atoms with E-state index in [1.54, 1.807) is 0 Å². The lowest BCUT2D eigenvalue weighted by molar-refractivity contribution is 0.474. The van der Waals surface area contributed by atoms with Crippen LogP contribution in [0.25, 0.3) is 0 Å². The molecule has 0 bridgehead atoms. The van der Waals surface area contributed by atoms with E-state index in [0.29, 0.717) is 5.92 Å². The van der Waals surface area contributed by atoms with Gasteiger partial charge in [0.05, 0.1) is 11.4 Å². The topological polar surface area (TPSA) is 43.8 Å². The molecule has 1 unspecified atom stereocenters. The van der Waals surface area contributed by atoms with E-state index in [4.69, 9.17) is 5.73 Å². The number of hydrogen-bond acceptors (Lipinski definition) is 2. The third kappa shape index (κ3) is 2.58. The van der Waals surface area contributed by atoms with Gasteiger partial charge in [-0.05, 0) is 32.3 Å². The van der Waals surface area contributed by atoms with Crippen LogP contribution in [0.5, 0.6) is 0 Å². The van der Waals surface area contributed by atoms with E-state index < -0.39 is 0 Å². The zero-order valence-electron chi connectivity index (χ0n) is 9.62. The number of hydrogen-bond donors (Lipinski definition) is 1. The number of aromatic nitrogens is 2. The normalized spacial score (nSPS) is 13.6. The molecule has 1 atom stereocenters. The summed E-state index contributed by atoms with van der Waals surface area (Å²) in [5, 5.41) is 4.39. The van der Waals surface area contributed by atoms with Gasteiger partial charge in [0.2, 0.25) is 0 Å². The van der Waals surface area contributed by atoms with Crippen molar-refractivity contribution in [2.24, 2.45) is 11.7 Å². The van der Waals surface area contributed by atoms with Crippen LogP contribution >= 0.6 is 0 Å². The Morgan fingerprint density at radius 2 is 2.14 bits per heavy atom. The van der Waals surface area contributed by atoms with Crippen molar-refractivity contribution in [3.63, 3.8) is 0 Å². The van der Waals surface area contributed by atoms with Gasteiger partial charge in [-0.1, -0.05) is 13.8 Å². The van der Waals surface area contributed by atoms with Crippen molar-refractivity contribution in [2.45, 2.75) is 46.7 Å². The van der Waals surface area contributed by atoms with Gasteiger partial charge >= 0.3 is 0 Å². The largest absolute Gasteiger partial charge is 0.323 e. The minimum Gasteiger partial charge on any atom is -0.323 e. The van der Waals surface area contributed by atoms with Crippen LogP contribution in [0.15, 0.2) is 6.07 Å². The van der Waals surface area contributed by atoms with Crippen LogP contribution in [-0.2, 0) is 6.54 Å². The Labute approximate surface area is 86.3 Å². The van der Waals surface area contributed by atoms with E-state index in [2.05, 4.69) is 31.9 Å². The minimum absolute atomic E-state index is 0.121. The van der Waals surface area contributed by atoms with E-state index >= 15 is 0 Å². The molecule has 0 saturated heterocycles. The van der Waals surface area contributed by atoms with Crippen LogP contribution in [0.4, 0.5) is 0 Å². The van der Waals surface area contributed by atoms with Crippen LogP contribution < -0.4 is 5.73 Å². The molecule has 0 radical (unpaired) electrons. The van der Waals surface area contributed by atoms with Gasteiger partial charge in [0.1, 0.15) is 0 Å². The molecule has 80 valence electrons. The number of nitrogens with zero attached hydrogens (tertiary/aromatic N) is 2. The van der Waals surface area contributed by atoms with E-state index in [1.807, 2.05) is 11.6 Å². The highest BCUT2D eigenvalue weighted by molar-refractivity contribution is 5.12. The predicted molar refractivity (Wildman–Crippen MR) is 59.0 cm³/mol. The van der Waals surface area contributed by atoms with E-state index in [9.17, 15) is 0 Å². The smallest absolute Gasteiger partial charge is 0.0597 e. The molecule has 0 aliphatic carbocycles. The molecule has 0 aliphatic rings. The third-order valence-corrected chi connectivity index (χ3v) is 2.34. The Balaban J connectivity index is 2.82. The summed E-state index contributed by atoms with van der Waals surface area (Å²) in [5.41, 5.74) is 8.35. The summed E-state index contributed by atoms with van der Waals surface area (Å²) in [6.45, 7) is 9.39. The lowest BCUT2D eigenvalue weighted by Gasteiger charge is -2.15. The van der Waals surface area contributed by atoms with Crippen LogP contribution in [0.2, 0.25) is 0 Å². The van der Waals surface area contributed by atoms with Gasteiger partial charge in [0, 0.05) is 12.6 Å². The highest BCUT2D eigenvalue weighted by Gasteiger charge is 2.13. The van der Waals surface area contributed by atoms with Gasteiger partial charge in [-0.15, -0.1) is 0 Å². The second kappa shape index (κ2) is 4.60. The molecule has 1 rings (SSSR count). The van der Waals surface area contributed by atoms with Crippen molar-refractivity contribution in [1.82, 2.24) is 9.78 Å². The average Bonchev–Trinajstić information content (AvgIpc) is 2.45. The molecular formula is C11H21N3. The van der Waals surface area contributed by atoms with Gasteiger partial charge in [-0.3, -0.25) is 4.68 Å². The van der Waals surface area contributed by atoms with Crippen molar-refractivity contribution < 1.29 is 0 Å². The predicted octanol–water partition coefficient (Wildman–Crippen LogP) is 2.26. The lowest BCUT2D eigenvalue weighted by Crippen LogP contribution is -2.17. The van der Waals surface area contributed by atoms with Crippen LogP contribution in [0, 0.1) is 12.8 Å². The summed E-state index contributed by atoms with van der Waals surface area (Å²) in [7, 11) is 0. The van der Waals surface area contributed by atoms with Crippen molar-refractivity contribution in [3.8, 4) is 0 Å². The molecule has 1 aromatic heterocycles. The van der Waals surface area contributed by atoms with Crippen LogP contribution in [0.1, 0.15) is 44.6 Å². The Morgan fingerprint density at radius 3 is 2.64 bits per heavy atom. The standard InChI is InChI=1S/C11H21N3/c1-5-14-11(7-9(4)13-14)10(12)6-8(2)3/h7-8,10H,5-6,12H2,1-4H3. The maximum absolute atomic E-state index is 6.12. The van der Waals surface area contributed by atoms with Gasteiger partial charge in [-0.2, -0.15) is 5.10 Å². The van der Waals surface area contributed by atoms with Gasteiger partial charge < -0.3 is 5.73 Å². The van der Waals surface area contributed by atoms with E-state index in [1.165, 1.54) is 5.69 Å². The quantitative estimate of drug-likeness (QED) is 0.801. The summed E-state index contributed by atoms with van der Waals surface area (Å²) >= 11 is 0. The summed E-state index contributed by atoms with van der Waals surface area (Å²) < 4.78 is 2.00. The van der Waals surface area contributed by atoms with Crippen molar-refractivity contribution >= 4 is 0 Å². The highest BCUT2D eigenvalue weighted by Crippen LogP contribution is 2.19. The molecule has 14 heavy (non-hydrogen) atoms. The SMILES string of the molecule is CCn1nc(C)cc1C(N)CC(C)C. The van der Waals surface area contributed by atoms with E-state index in [0.717, 1.165) is 18.7 Å². The third-order valence-electron chi connectivity index (χ3n) is 2.34. The van der Waals surface area contributed by atoms with Crippen molar-refractivity contribution in [3.05, 3.63) is 17.5 Å². The summed E-state index contributed by atoms with van der Waals surface area (Å²) in [6, 6.07) is 2.22. The molecular weight excluding hydrogens is 174 g/mol. The Kier molecular flexibility index (Phi) is 3.69. The summed E-state index contributed by atoms with van der Waals surface area (Å²) in [5.74, 6) is 0.630. The summed E-state index contributed by atoms with van der Waals surface area (Å²) in [6.07, 6.45) is 1.02. The van der Waals surface area contributed by atoms with Crippen molar-refractivity contribution in [1.29, 1.82) is 0 Å². The van der Waals surface area contributed by atoms with Gasteiger partial charge in [0.15, 0.2) is 0 Å². The fourth-order valence-electron chi connectivity index (χ4n) is 1.75. The van der Waals surface area contributed by atoms with Gasteiger partial charge in [0.25, 0.3) is 0 Å². The molecule has 3 nitrogen and oxygen atoms in total. The maximum Gasteiger partial charge on any atom is 0.0597 e. The molecule has 0 aromatic carbocycles. The first-order chi connectivity index (χ1) is 6.54.